The largest absolute Gasteiger partial charge is 0.344 e. The lowest BCUT2D eigenvalue weighted by molar-refractivity contribution is -0.130. The lowest BCUT2D eigenvalue weighted by atomic mass is 9.99. The molecule has 7 heteroatoms. The highest BCUT2D eigenvalue weighted by atomic mass is 35.5. The third kappa shape index (κ3) is 6.90. The van der Waals surface area contributed by atoms with E-state index in [1.807, 2.05) is 12.1 Å². The molecule has 1 aromatic rings. The van der Waals surface area contributed by atoms with Crippen LogP contribution in [-0.2, 0) is 4.79 Å². The Balaban J connectivity index is 0.00000312. The lowest BCUT2D eigenvalue weighted by Crippen LogP contribution is -2.40. The summed E-state index contributed by atoms with van der Waals surface area (Å²) in [6.07, 6.45) is 5.31. The van der Waals surface area contributed by atoms with Gasteiger partial charge in [-0.1, -0.05) is 25.0 Å². The van der Waals surface area contributed by atoms with Gasteiger partial charge < -0.3 is 10.6 Å². The van der Waals surface area contributed by atoms with Gasteiger partial charge in [0.1, 0.15) is 5.82 Å². The van der Waals surface area contributed by atoms with Crippen molar-refractivity contribution in [2.24, 2.45) is 5.73 Å². The zero-order valence-electron chi connectivity index (χ0n) is 15.0. The topological polar surface area (TPSA) is 70.4 Å². The van der Waals surface area contributed by atoms with E-state index in [9.17, 15) is 9.18 Å². The predicted octanol–water partition coefficient (Wildman–Crippen LogP) is 2.52. The van der Waals surface area contributed by atoms with E-state index in [1.165, 1.54) is 12.1 Å². The van der Waals surface area contributed by atoms with Crippen LogP contribution >= 0.6 is 12.4 Å². The van der Waals surface area contributed by atoms with Crippen LogP contribution in [0.15, 0.2) is 24.3 Å². The molecule has 3 atom stereocenters. The van der Waals surface area contributed by atoms with Gasteiger partial charge in [-0.3, -0.25) is 15.6 Å². The second-order valence-corrected chi connectivity index (χ2v) is 6.72. The summed E-state index contributed by atoms with van der Waals surface area (Å²) in [5.74, 6) is -0.201. The van der Waals surface area contributed by atoms with Crippen molar-refractivity contribution in [3.8, 4) is 0 Å². The van der Waals surface area contributed by atoms with Gasteiger partial charge in [-0.15, -0.1) is 12.4 Å². The van der Waals surface area contributed by atoms with Crippen LogP contribution in [0.5, 0.6) is 0 Å². The number of carbonyl (C=O) groups excluding carboxylic acids is 1. The summed E-state index contributed by atoms with van der Waals surface area (Å²) in [6.45, 7) is 2.48. The van der Waals surface area contributed by atoms with E-state index in [1.54, 1.807) is 18.9 Å². The molecule has 2 rings (SSSR count). The van der Waals surface area contributed by atoms with Gasteiger partial charge >= 0.3 is 0 Å². The molecule has 1 saturated heterocycles. The molecule has 0 aromatic heterocycles. The molecule has 1 aliphatic rings. The Morgan fingerprint density at radius 3 is 2.60 bits per heavy atom. The molecule has 0 bridgehead atoms. The maximum absolute atomic E-state index is 13.0. The molecule has 1 heterocycles. The van der Waals surface area contributed by atoms with Crippen molar-refractivity contribution < 1.29 is 9.18 Å². The molecule has 0 spiro atoms. The van der Waals surface area contributed by atoms with Gasteiger partial charge in [0.2, 0.25) is 5.91 Å². The number of nitrogens with zero attached hydrogens (tertiary/aromatic N) is 1. The number of nitrogens with two attached hydrogens (primary N) is 1. The van der Waals surface area contributed by atoms with E-state index in [4.69, 9.17) is 5.73 Å². The fourth-order valence-corrected chi connectivity index (χ4v) is 3.10. The van der Waals surface area contributed by atoms with Gasteiger partial charge in [0.25, 0.3) is 0 Å². The molecule has 25 heavy (non-hydrogen) atoms. The molecule has 2 unspecified atom stereocenters. The molecule has 1 fully saturated rings. The highest BCUT2D eigenvalue weighted by Crippen LogP contribution is 2.24. The van der Waals surface area contributed by atoms with Crippen LogP contribution in [0.1, 0.15) is 50.6 Å². The Morgan fingerprint density at radius 1 is 1.28 bits per heavy atom. The van der Waals surface area contributed by atoms with Gasteiger partial charge in [-0.25, -0.2) is 4.39 Å². The smallest absolute Gasteiger partial charge is 0.238 e. The third-order valence-corrected chi connectivity index (χ3v) is 4.57. The number of unbranched alkanes of at least 4 members (excludes halogenated alkanes) is 2. The van der Waals surface area contributed by atoms with Gasteiger partial charge in [0.05, 0.1) is 6.04 Å². The number of rotatable bonds is 8. The Morgan fingerprint density at radius 2 is 1.96 bits per heavy atom. The van der Waals surface area contributed by atoms with E-state index in [0.29, 0.717) is 6.04 Å². The van der Waals surface area contributed by atoms with Gasteiger partial charge in [0, 0.05) is 25.7 Å². The summed E-state index contributed by atoms with van der Waals surface area (Å²) in [7, 11) is 1.81. The number of benzene rings is 1. The third-order valence-electron chi connectivity index (χ3n) is 4.57. The standard InChI is InChI=1S/C18H29FN4O.ClH/c1-13(20)18(24)23(2)11-5-3-4-6-16-12-17(22-21-16)14-7-9-15(19)10-8-14;/h7-10,13,16-17,21-22H,3-6,11-12,20H2,1-2H3;1H/t13-,16?,17?;/m0./s1. The van der Waals surface area contributed by atoms with Crippen LogP contribution in [0, 0.1) is 5.82 Å². The maximum atomic E-state index is 13.0. The monoisotopic (exact) mass is 372 g/mol. The number of hydrogen-bond donors (Lipinski definition) is 3. The van der Waals surface area contributed by atoms with Crippen molar-refractivity contribution in [1.82, 2.24) is 15.8 Å². The second kappa shape index (κ2) is 10.7. The quantitative estimate of drug-likeness (QED) is 0.613. The van der Waals surface area contributed by atoms with Crippen LogP contribution in [0.2, 0.25) is 0 Å². The minimum atomic E-state index is -0.424. The SMILES string of the molecule is C[C@H](N)C(=O)N(C)CCCCCC1CC(c2ccc(F)cc2)NN1.Cl. The Kier molecular flexibility index (Phi) is 9.35. The molecular weight excluding hydrogens is 343 g/mol. The maximum Gasteiger partial charge on any atom is 0.238 e. The molecular formula is C18H30ClFN4O. The van der Waals surface area contributed by atoms with E-state index < -0.39 is 6.04 Å². The number of carbonyl (C=O) groups is 1. The Hall–Kier alpha value is -1.21. The van der Waals surface area contributed by atoms with Crippen molar-refractivity contribution in [2.75, 3.05) is 13.6 Å². The molecule has 0 radical (unpaired) electrons. The van der Waals surface area contributed by atoms with Crippen molar-refractivity contribution in [2.45, 2.75) is 57.2 Å². The van der Waals surface area contributed by atoms with Gasteiger partial charge in [-0.2, -0.15) is 0 Å². The summed E-state index contributed by atoms with van der Waals surface area (Å²) in [5, 5.41) is 0. The van der Waals surface area contributed by atoms with Gasteiger partial charge in [0.15, 0.2) is 0 Å². The number of nitrogens with one attached hydrogen (secondary N) is 2. The minimum Gasteiger partial charge on any atom is -0.344 e. The minimum absolute atomic E-state index is 0. The van der Waals surface area contributed by atoms with Gasteiger partial charge in [-0.05, 0) is 43.9 Å². The summed E-state index contributed by atoms with van der Waals surface area (Å²) in [4.78, 5) is 13.4. The van der Waals surface area contributed by atoms with E-state index in [-0.39, 0.29) is 30.2 Å². The number of halogens is 2. The predicted molar refractivity (Wildman–Crippen MR) is 101 cm³/mol. The first kappa shape index (κ1) is 21.8. The molecule has 1 aliphatic heterocycles. The first-order chi connectivity index (χ1) is 11.5. The van der Waals surface area contributed by atoms with Crippen LogP contribution < -0.4 is 16.6 Å². The Labute approximate surface area is 155 Å². The van der Waals surface area contributed by atoms with Crippen LogP contribution in [0.3, 0.4) is 0 Å². The molecule has 5 nitrogen and oxygen atoms in total. The van der Waals surface area contributed by atoms with Crippen LogP contribution in [0.25, 0.3) is 0 Å². The second-order valence-electron chi connectivity index (χ2n) is 6.72. The Bertz CT molecular complexity index is 526. The summed E-state index contributed by atoms with van der Waals surface area (Å²) in [6, 6.07) is 6.93. The molecule has 142 valence electrons. The zero-order chi connectivity index (χ0) is 17.5. The normalized spacial score (nSPS) is 20.8. The number of hydrogen-bond acceptors (Lipinski definition) is 4. The fraction of sp³-hybridized carbons (Fsp3) is 0.611. The number of amides is 1. The fourth-order valence-electron chi connectivity index (χ4n) is 3.10. The first-order valence-corrected chi connectivity index (χ1v) is 8.74. The highest BCUT2D eigenvalue weighted by molar-refractivity contribution is 5.85. The van der Waals surface area contributed by atoms with Crippen molar-refractivity contribution in [1.29, 1.82) is 0 Å². The van der Waals surface area contributed by atoms with Crippen LogP contribution in [-0.4, -0.2) is 36.5 Å². The highest BCUT2D eigenvalue weighted by Gasteiger charge is 2.24. The molecule has 0 saturated carbocycles. The van der Waals surface area contributed by atoms with Crippen molar-refractivity contribution in [3.63, 3.8) is 0 Å². The first-order valence-electron chi connectivity index (χ1n) is 8.74. The molecule has 1 amide bonds. The molecule has 1 aromatic carbocycles. The zero-order valence-corrected chi connectivity index (χ0v) is 15.8. The summed E-state index contributed by atoms with van der Waals surface area (Å²) < 4.78 is 13.0. The van der Waals surface area contributed by atoms with E-state index >= 15 is 0 Å². The number of likely N-dealkylation sites (N-methyl/N-ethyl adjacent to an activating group) is 1. The average molecular weight is 373 g/mol. The molecule has 0 aliphatic carbocycles. The van der Waals surface area contributed by atoms with Crippen LogP contribution in [0.4, 0.5) is 4.39 Å². The average Bonchev–Trinajstić information content (AvgIpc) is 3.03. The lowest BCUT2D eigenvalue weighted by Gasteiger charge is -2.19. The van der Waals surface area contributed by atoms with E-state index in [2.05, 4.69) is 10.9 Å². The summed E-state index contributed by atoms with van der Waals surface area (Å²) >= 11 is 0. The number of hydrazine groups is 1. The van der Waals surface area contributed by atoms with Crippen molar-refractivity contribution in [3.05, 3.63) is 35.6 Å². The molecule has 4 N–H and O–H groups in total. The van der Waals surface area contributed by atoms with Crippen molar-refractivity contribution >= 4 is 18.3 Å². The summed E-state index contributed by atoms with van der Waals surface area (Å²) in [5.41, 5.74) is 13.3. The van der Waals surface area contributed by atoms with E-state index in [0.717, 1.165) is 44.2 Å².